The molecule has 1 aromatic carbocycles. The number of anilines is 1. The summed E-state index contributed by atoms with van der Waals surface area (Å²) in [4.78, 5) is 0.545. The van der Waals surface area contributed by atoms with Gasteiger partial charge in [-0.3, -0.25) is 0 Å². The van der Waals surface area contributed by atoms with Gasteiger partial charge < -0.3 is 10.3 Å². The largest absolute Gasteiger partial charge is 0.612 e. The first-order chi connectivity index (χ1) is 5.11. The van der Waals surface area contributed by atoms with E-state index >= 15 is 0 Å². The van der Waals surface area contributed by atoms with Crippen molar-refractivity contribution in [3.63, 3.8) is 0 Å². The molecule has 0 aromatic heterocycles. The van der Waals surface area contributed by atoms with Crippen LogP contribution in [0, 0.1) is 5.82 Å². The van der Waals surface area contributed by atoms with E-state index < -0.39 is 17.0 Å². The van der Waals surface area contributed by atoms with Crippen molar-refractivity contribution in [3.8, 4) is 0 Å². The Morgan fingerprint density at radius 2 is 2.18 bits per heavy atom. The predicted molar refractivity (Wildman–Crippen MR) is 43.1 cm³/mol. The van der Waals surface area contributed by atoms with Gasteiger partial charge in [0.05, 0.1) is 5.69 Å². The Kier molecular flexibility index (Phi) is 2.36. The van der Waals surface area contributed by atoms with E-state index in [4.69, 9.17) is 5.73 Å². The van der Waals surface area contributed by atoms with Crippen LogP contribution in [0.5, 0.6) is 0 Å². The highest BCUT2D eigenvalue weighted by molar-refractivity contribution is 7.90. The zero-order valence-corrected chi connectivity index (χ0v) is 6.82. The molecule has 0 radical (unpaired) electrons. The Morgan fingerprint density at radius 3 is 2.64 bits per heavy atom. The molecule has 1 rings (SSSR count). The van der Waals surface area contributed by atoms with Gasteiger partial charge in [0.1, 0.15) is 12.1 Å². The lowest BCUT2D eigenvalue weighted by atomic mass is 10.3. The van der Waals surface area contributed by atoms with E-state index in [-0.39, 0.29) is 5.69 Å². The smallest absolute Gasteiger partial charge is 0.154 e. The van der Waals surface area contributed by atoms with E-state index in [1.807, 2.05) is 0 Å². The number of hydrogen-bond donors (Lipinski definition) is 1. The van der Waals surface area contributed by atoms with Crippen molar-refractivity contribution >= 4 is 16.9 Å². The van der Waals surface area contributed by atoms with Crippen molar-refractivity contribution in [2.24, 2.45) is 0 Å². The highest BCUT2D eigenvalue weighted by Gasteiger charge is 2.06. The Morgan fingerprint density at radius 1 is 1.55 bits per heavy atom. The Labute approximate surface area is 67.4 Å². The summed E-state index contributed by atoms with van der Waals surface area (Å²) in [5.41, 5.74) is 5.29. The minimum Gasteiger partial charge on any atom is -0.612 e. The third kappa shape index (κ3) is 1.85. The first-order valence-corrected chi connectivity index (χ1v) is 4.55. The SMILES string of the molecule is C[S+]([O-])c1ccc(F)c(N)c1. The molecule has 0 heterocycles. The lowest BCUT2D eigenvalue weighted by molar-refractivity contribution is 0.599. The summed E-state index contributed by atoms with van der Waals surface area (Å²) in [6.45, 7) is 0. The number of nitrogens with two attached hydrogens (primary N) is 1. The maximum Gasteiger partial charge on any atom is 0.154 e. The van der Waals surface area contributed by atoms with Crippen LogP contribution in [0.4, 0.5) is 10.1 Å². The summed E-state index contributed by atoms with van der Waals surface area (Å²) < 4.78 is 23.4. The lowest BCUT2D eigenvalue weighted by Crippen LogP contribution is -1.99. The van der Waals surface area contributed by atoms with Gasteiger partial charge in [-0.15, -0.1) is 0 Å². The monoisotopic (exact) mass is 173 g/mol. The molecule has 2 nitrogen and oxygen atoms in total. The van der Waals surface area contributed by atoms with Gasteiger partial charge in [-0.1, -0.05) is 0 Å². The van der Waals surface area contributed by atoms with Crippen molar-refractivity contribution in [2.75, 3.05) is 12.0 Å². The Hall–Kier alpha value is -0.740. The molecular formula is C7H8FNOS. The topological polar surface area (TPSA) is 49.1 Å². The molecule has 0 saturated carbocycles. The molecule has 4 heteroatoms. The highest BCUT2D eigenvalue weighted by Crippen LogP contribution is 2.15. The van der Waals surface area contributed by atoms with E-state index in [0.717, 1.165) is 0 Å². The molecule has 1 unspecified atom stereocenters. The molecule has 0 amide bonds. The standard InChI is InChI=1S/C7H8FNOS/c1-11(10)5-2-3-6(8)7(9)4-5/h2-4H,9H2,1H3. The number of nitrogen functional groups attached to an aromatic ring is 1. The molecule has 1 aromatic rings. The van der Waals surface area contributed by atoms with Crippen LogP contribution < -0.4 is 5.73 Å². The van der Waals surface area contributed by atoms with Crippen LogP contribution in [0.2, 0.25) is 0 Å². The van der Waals surface area contributed by atoms with Crippen molar-refractivity contribution in [1.82, 2.24) is 0 Å². The summed E-state index contributed by atoms with van der Waals surface area (Å²) in [6, 6.07) is 4.05. The van der Waals surface area contributed by atoms with E-state index in [2.05, 4.69) is 0 Å². The number of halogens is 1. The third-order valence-corrected chi connectivity index (χ3v) is 2.22. The molecule has 0 saturated heterocycles. The van der Waals surface area contributed by atoms with Crippen LogP contribution in [0.25, 0.3) is 0 Å². The summed E-state index contributed by atoms with van der Waals surface area (Å²) in [6.07, 6.45) is 1.52. The van der Waals surface area contributed by atoms with Gasteiger partial charge >= 0.3 is 0 Å². The van der Waals surface area contributed by atoms with Gasteiger partial charge in [0.25, 0.3) is 0 Å². The second-order valence-electron chi connectivity index (χ2n) is 2.14. The van der Waals surface area contributed by atoms with Gasteiger partial charge in [-0.25, -0.2) is 4.39 Å². The summed E-state index contributed by atoms with van der Waals surface area (Å²) in [5, 5.41) is 0. The average molecular weight is 173 g/mol. The summed E-state index contributed by atoms with van der Waals surface area (Å²) in [7, 11) is 0. The van der Waals surface area contributed by atoms with E-state index in [9.17, 15) is 8.94 Å². The fraction of sp³-hybridized carbons (Fsp3) is 0.143. The highest BCUT2D eigenvalue weighted by atomic mass is 32.2. The fourth-order valence-corrected chi connectivity index (χ4v) is 1.25. The van der Waals surface area contributed by atoms with Crippen LogP contribution >= 0.6 is 0 Å². The van der Waals surface area contributed by atoms with Gasteiger partial charge in [0.2, 0.25) is 0 Å². The molecule has 0 fully saturated rings. The number of benzene rings is 1. The lowest BCUT2D eigenvalue weighted by Gasteiger charge is -2.04. The number of hydrogen-bond acceptors (Lipinski definition) is 2. The predicted octanol–water partition coefficient (Wildman–Crippen LogP) is 1.15. The Bertz CT molecular complexity index is 265. The normalized spacial score (nSPS) is 13.0. The van der Waals surface area contributed by atoms with Gasteiger partial charge in [-0.05, 0) is 23.3 Å². The third-order valence-electron chi connectivity index (χ3n) is 1.30. The zero-order valence-electron chi connectivity index (χ0n) is 6.00. The molecule has 2 N–H and O–H groups in total. The van der Waals surface area contributed by atoms with E-state index in [0.29, 0.717) is 4.90 Å². The van der Waals surface area contributed by atoms with Crippen LogP contribution in [0.15, 0.2) is 23.1 Å². The molecule has 0 spiro atoms. The van der Waals surface area contributed by atoms with Crippen LogP contribution in [0.3, 0.4) is 0 Å². The minimum absolute atomic E-state index is 0.0395. The molecule has 0 aliphatic carbocycles. The summed E-state index contributed by atoms with van der Waals surface area (Å²) in [5.74, 6) is -0.473. The molecule has 1 atom stereocenters. The van der Waals surface area contributed by atoms with Crippen molar-refractivity contribution in [3.05, 3.63) is 24.0 Å². The van der Waals surface area contributed by atoms with Crippen LogP contribution in [-0.4, -0.2) is 10.8 Å². The second kappa shape index (κ2) is 3.11. The maximum absolute atomic E-state index is 12.5. The molecular weight excluding hydrogens is 165 g/mol. The molecule has 11 heavy (non-hydrogen) atoms. The Balaban J connectivity index is 3.05. The van der Waals surface area contributed by atoms with Crippen LogP contribution in [-0.2, 0) is 11.2 Å². The first-order valence-electron chi connectivity index (χ1n) is 2.99. The fourth-order valence-electron chi connectivity index (χ4n) is 0.701. The van der Waals surface area contributed by atoms with Gasteiger partial charge in [0.15, 0.2) is 4.90 Å². The van der Waals surface area contributed by atoms with E-state index in [1.54, 1.807) is 0 Å². The molecule has 0 bridgehead atoms. The first kappa shape index (κ1) is 8.36. The van der Waals surface area contributed by atoms with E-state index in [1.165, 1.54) is 24.5 Å². The van der Waals surface area contributed by atoms with Gasteiger partial charge in [-0.2, -0.15) is 0 Å². The number of rotatable bonds is 1. The molecule has 60 valence electrons. The zero-order chi connectivity index (χ0) is 8.43. The van der Waals surface area contributed by atoms with Crippen molar-refractivity contribution in [2.45, 2.75) is 4.90 Å². The van der Waals surface area contributed by atoms with Crippen LogP contribution in [0.1, 0.15) is 0 Å². The maximum atomic E-state index is 12.5. The van der Waals surface area contributed by atoms with Crippen molar-refractivity contribution in [1.29, 1.82) is 0 Å². The summed E-state index contributed by atoms with van der Waals surface area (Å²) >= 11 is -1.09. The quantitative estimate of drug-likeness (QED) is 0.511. The minimum atomic E-state index is -1.09. The molecule has 0 aliphatic rings. The van der Waals surface area contributed by atoms with Crippen molar-refractivity contribution < 1.29 is 8.94 Å². The van der Waals surface area contributed by atoms with Gasteiger partial charge in [0, 0.05) is 6.07 Å². The average Bonchev–Trinajstić information content (AvgIpc) is 1.94. The molecule has 0 aliphatic heterocycles. The second-order valence-corrected chi connectivity index (χ2v) is 3.52.